The van der Waals surface area contributed by atoms with Gasteiger partial charge in [0.05, 0.1) is 0 Å². The Morgan fingerprint density at radius 3 is 2.00 bits per heavy atom. The quantitative estimate of drug-likeness (QED) is 0.876. The van der Waals surface area contributed by atoms with Gasteiger partial charge in [-0.15, -0.1) is 0 Å². The van der Waals surface area contributed by atoms with Gasteiger partial charge in [-0.2, -0.15) is 0 Å². The van der Waals surface area contributed by atoms with Gasteiger partial charge in [0.15, 0.2) is 0 Å². The summed E-state index contributed by atoms with van der Waals surface area (Å²) in [6, 6.07) is 21.0. The molecule has 0 aliphatic carbocycles. The van der Waals surface area contributed by atoms with E-state index in [0.717, 1.165) is 13.0 Å². The van der Waals surface area contributed by atoms with Crippen LogP contribution in [0.2, 0.25) is 0 Å². The van der Waals surface area contributed by atoms with Crippen LogP contribution in [-0.4, -0.2) is 19.3 Å². The van der Waals surface area contributed by atoms with E-state index in [4.69, 9.17) is 0 Å². The summed E-state index contributed by atoms with van der Waals surface area (Å²) >= 11 is 0. The fourth-order valence-electron chi connectivity index (χ4n) is 3.21. The number of alkyl halides is 1. The van der Waals surface area contributed by atoms with Crippen molar-refractivity contribution in [3.05, 3.63) is 71.8 Å². The number of halogens is 1. The van der Waals surface area contributed by atoms with Crippen molar-refractivity contribution >= 4 is 0 Å². The molecule has 0 spiro atoms. The molecule has 1 atom stereocenters. The van der Waals surface area contributed by atoms with Crippen LogP contribution < -0.4 is 5.32 Å². The molecule has 20 heavy (non-hydrogen) atoms. The Labute approximate surface area is 119 Å². The molecule has 0 unspecified atom stereocenters. The van der Waals surface area contributed by atoms with Gasteiger partial charge in [0.1, 0.15) is 6.17 Å². The summed E-state index contributed by atoms with van der Waals surface area (Å²) in [6.45, 7) is 1.25. The van der Waals surface area contributed by atoms with Gasteiger partial charge in [-0.25, -0.2) is 4.39 Å². The third-order valence-corrected chi connectivity index (χ3v) is 4.33. The normalized spacial score (nSPS) is 22.1. The van der Waals surface area contributed by atoms with E-state index in [0.29, 0.717) is 13.0 Å². The van der Waals surface area contributed by atoms with Crippen molar-refractivity contribution in [3.63, 3.8) is 0 Å². The first kappa shape index (κ1) is 13.3. The van der Waals surface area contributed by atoms with E-state index in [1.54, 1.807) is 0 Å². The Morgan fingerprint density at radius 2 is 1.45 bits per heavy atom. The Bertz CT molecular complexity index is 498. The van der Waals surface area contributed by atoms with Crippen molar-refractivity contribution < 1.29 is 4.39 Å². The number of hydrogen-bond donors (Lipinski definition) is 1. The maximum Gasteiger partial charge on any atom is 0.113 e. The summed E-state index contributed by atoms with van der Waals surface area (Å²) in [6.07, 6.45) is 0.704. The molecule has 0 bridgehead atoms. The van der Waals surface area contributed by atoms with E-state index in [1.165, 1.54) is 11.1 Å². The number of nitrogens with one attached hydrogen (secondary N) is 1. The standard InChI is InChI=1S/C18H20FN/c19-17-11-12-18(14-20-13-17,15-7-3-1-4-8-15)16-9-5-2-6-10-16/h1-10,17,20H,11-14H2/t17-/m1/s1. The van der Waals surface area contributed by atoms with Crippen molar-refractivity contribution in [2.45, 2.75) is 24.4 Å². The molecule has 1 heterocycles. The van der Waals surface area contributed by atoms with Crippen LogP contribution in [0, 0.1) is 0 Å². The van der Waals surface area contributed by atoms with Crippen molar-refractivity contribution in [3.8, 4) is 0 Å². The molecule has 1 aliphatic heterocycles. The highest BCUT2D eigenvalue weighted by Gasteiger charge is 2.36. The lowest BCUT2D eigenvalue weighted by Crippen LogP contribution is -2.37. The lowest BCUT2D eigenvalue weighted by atomic mass is 9.71. The highest BCUT2D eigenvalue weighted by Crippen LogP contribution is 2.38. The first-order valence-electron chi connectivity index (χ1n) is 7.27. The fraction of sp³-hybridized carbons (Fsp3) is 0.333. The molecule has 104 valence electrons. The zero-order chi connectivity index (χ0) is 13.8. The molecule has 3 rings (SSSR count). The van der Waals surface area contributed by atoms with Crippen LogP contribution in [-0.2, 0) is 5.41 Å². The summed E-state index contributed by atoms with van der Waals surface area (Å²) in [5.74, 6) is 0. The summed E-state index contributed by atoms with van der Waals surface area (Å²) in [7, 11) is 0. The van der Waals surface area contributed by atoms with Gasteiger partial charge in [-0.05, 0) is 24.0 Å². The summed E-state index contributed by atoms with van der Waals surface area (Å²) in [5, 5.41) is 3.31. The average molecular weight is 269 g/mol. The van der Waals surface area contributed by atoms with Crippen LogP contribution in [0.25, 0.3) is 0 Å². The first-order chi connectivity index (χ1) is 9.81. The van der Waals surface area contributed by atoms with Gasteiger partial charge in [0, 0.05) is 18.5 Å². The van der Waals surface area contributed by atoms with Gasteiger partial charge < -0.3 is 5.32 Å². The van der Waals surface area contributed by atoms with E-state index >= 15 is 0 Å². The van der Waals surface area contributed by atoms with Gasteiger partial charge in [0.25, 0.3) is 0 Å². The molecule has 0 aromatic heterocycles. The third kappa shape index (κ3) is 2.48. The highest BCUT2D eigenvalue weighted by atomic mass is 19.1. The monoisotopic (exact) mass is 269 g/mol. The van der Waals surface area contributed by atoms with Crippen LogP contribution in [0.5, 0.6) is 0 Å². The lowest BCUT2D eigenvalue weighted by molar-refractivity contribution is 0.310. The fourth-order valence-corrected chi connectivity index (χ4v) is 3.21. The molecule has 1 aliphatic rings. The van der Waals surface area contributed by atoms with Crippen LogP contribution >= 0.6 is 0 Å². The highest BCUT2D eigenvalue weighted by molar-refractivity contribution is 5.40. The molecular formula is C18H20FN. The van der Waals surface area contributed by atoms with Crippen molar-refractivity contribution in [2.24, 2.45) is 0 Å². The van der Waals surface area contributed by atoms with Crippen LogP contribution in [0.4, 0.5) is 4.39 Å². The molecule has 0 saturated carbocycles. The predicted molar refractivity (Wildman–Crippen MR) is 80.7 cm³/mol. The Hall–Kier alpha value is -1.67. The predicted octanol–water partition coefficient (Wildman–Crippen LogP) is 3.69. The second kappa shape index (κ2) is 5.76. The maximum atomic E-state index is 13.8. The van der Waals surface area contributed by atoms with Crippen LogP contribution in [0.3, 0.4) is 0 Å². The Balaban J connectivity index is 2.08. The molecule has 1 N–H and O–H groups in total. The molecule has 0 amide bonds. The molecule has 1 saturated heterocycles. The van der Waals surface area contributed by atoms with E-state index in [-0.39, 0.29) is 5.41 Å². The number of rotatable bonds is 2. The maximum absolute atomic E-state index is 13.8. The minimum absolute atomic E-state index is 0.122. The molecule has 2 heteroatoms. The van der Waals surface area contributed by atoms with E-state index in [2.05, 4.69) is 53.8 Å². The molecule has 1 nitrogen and oxygen atoms in total. The van der Waals surface area contributed by atoms with Gasteiger partial charge in [-0.3, -0.25) is 0 Å². The average Bonchev–Trinajstić information content (AvgIpc) is 2.72. The summed E-state index contributed by atoms with van der Waals surface area (Å²) in [4.78, 5) is 0. The van der Waals surface area contributed by atoms with E-state index in [9.17, 15) is 4.39 Å². The second-order valence-electron chi connectivity index (χ2n) is 5.58. The van der Waals surface area contributed by atoms with E-state index < -0.39 is 6.17 Å². The summed E-state index contributed by atoms with van der Waals surface area (Å²) < 4.78 is 13.8. The topological polar surface area (TPSA) is 12.0 Å². The van der Waals surface area contributed by atoms with Gasteiger partial charge >= 0.3 is 0 Å². The van der Waals surface area contributed by atoms with Crippen LogP contribution in [0.15, 0.2) is 60.7 Å². The minimum Gasteiger partial charge on any atom is -0.313 e. The molecule has 2 aromatic carbocycles. The molecule has 2 aromatic rings. The smallest absolute Gasteiger partial charge is 0.113 e. The van der Waals surface area contributed by atoms with Gasteiger partial charge in [-0.1, -0.05) is 60.7 Å². The van der Waals surface area contributed by atoms with Crippen LogP contribution in [0.1, 0.15) is 24.0 Å². The van der Waals surface area contributed by atoms with E-state index in [1.807, 2.05) is 12.1 Å². The molecular weight excluding hydrogens is 249 g/mol. The first-order valence-corrected chi connectivity index (χ1v) is 7.27. The Kier molecular flexibility index (Phi) is 3.83. The largest absolute Gasteiger partial charge is 0.313 e. The number of benzene rings is 2. The van der Waals surface area contributed by atoms with Gasteiger partial charge in [0.2, 0.25) is 0 Å². The van der Waals surface area contributed by atoms with Crippen molar-refractivity contribution in [1.29, 1.82) is 0 Å². The van der Waals surface area contributed by atoms with Crippen molar-refractivity contribution in [2.75, 3.05) is 13.1 Å². The second-order valence-corrected chi connectivity index (χ2v) is 5.58. The minimum atomic E-state index is -0.746. The summed E-state index contributed by atoms with van der Waals surface area (Å²) in [5.41, 5.74) is 2.42. The molecule has 0 radical (unpaired) electrons. The van der Waals surface area contributed by atoms with Crippen molar-refractivity contribution in [1.82, 2.24) is 5.32 Å². The third-order valence-electron chi connectivity index (χ3n) is 4.33. The number of hydrogen-bond acceptors (Lipinski definition) is 1. The Morgan fingerprint density at radius 1 is 0.900 bits per heavy atom. The SMILES string of the molecule is F[C@@H]1CCC(c2ccccc2)(c2ccccc2)CNC1. The lowest BCUT2D eigenvalue weighted by Gasteiger charge is -2.34. The zero-order valence-electron chi connectivity index (χ0n) is 11.6. The molecule has 1 fully saturated rings. The zero-order valence-corrected chi connectivity index (χ0v) is 11.6.